The molecule has 2 atom stereocenters. The van der Waals surface area contributed by atoms with Crippen molar-refractivity contribution in [2.75, 3.05) is 13.2 Å². The first-order valence-electron chi connectivity index (χ1n) is 7.08. The average Bonchev–Trinajstić information content (AvgIpc) is 2.84. The Morgan fingerprint density at radius 1 is 1.35 bits per heavy atom. The van der Waals surface area contributed by atoms with Crippen LogP contribution in [0.3, 0.4) is 0 Å². The van der Waals surface area contributed by atoms with Gasteiger partial charge in [0.25, 0.3) is 0 Å². The molecule has 1 N–H and O–H groups in total. The monoisotopic (exact) mass is 235 g/mol. The third kappa shape index (κ3) is 2.51. The molecule has 2 unspecified atom stereocenters. The number of hydrogen-bond acceptors (Lipinski definition) is 2. The highest BCUT2D eigenvalue weighted by atomic mass is 16.5. The maximum atomic E-state index is 5.91. The van der Waals surface area contributed by atoms with Crippen LogP contribution in [0.1, 0.15) is 52.4 Å². The first-order chi connectivity index (χ1) is 8.33. The van der Waals surface area contributed by atoms with Crippen molar-refractivity contribution >= 4 is 0 Å². The van der Waals surface area contributed by atoms with E-state index in [1.54, 1.807) is 0 Å². The zero-order chi connectivity index (χ0) is 12.1. The van der Waals surface area contributed by atoms with Crippen molar-refractivity contribution in [3.05, 3.63) is 0 Å². The van der Waals surface area contributed by atoms with Crippen molar-refractivity contribution in [1.29, 1.82) is 0 Å². The van der Waals surface area contributed by atoms with Crippen molar-refractivity contribution < 1.29 is 4.74 Å². The molecule has 0 heterocycles. The molecule has 96 valence electrons. The van der Waals surface area contributed by atoms with Crippen LogP contribution >= 0.6 is 0 Å². The predicted octanol–water partition coefficient (Wildman–Crippen LogP) is 2.73. The lowest BCUT2D eigenvalue weighted by molar-refractivity contribution is -0.130. The second-order valence-electron chi connectivity index (χ2n) is 5.30. The molecule has 2 nitrogen and oxygen atoms in total. The van der Waals surface area contributed by atoms with E-state index in [4.69, 9.17) is 4.74 Å². The average molecular weight is 235 g/mol. The standard InChI is InChI=1S/C15H25NO/c1-3-5-8-11-16-13-12-14(17-4-2)15(13)9-6-7-10-15/h13-14,16H,4,6-12H2,1-2H3. The van der Waals surface area contributed by atoms with Crippen LogP contribution in [0.4, 0.5) is 0 Å². The van der Waals surface area contributed by atoms with Crippen molar-refractivity contribution in [2.45, 2.75) is 64.5 Å². The molecule has 0 aliphatic heterocycles. The number of rotatable bonds is 5. The van der Waals surface area contributed by atoms with Gasteiger partial charge in [0.1, 0.15) is 0 Å². The first kappa shape index (κ1) is 12.9. The first-order valence-corrected chi connectivity index (χ1v) is 7.08. The van der Waals surface area contributed by atoms with Gasteiger partial charge in [-0.2, -0.15) is 0 Å². The van der Waals surface area contributed by atoms with E-state index in [-0.39, 0.29) is 0 Å². The highest BCUT2D eigenvalue weighted by Crippen LogP contribution is 2.54. The van der Waals surface area contributed by atoms with Gasteiger partial charge in [-0.3, -0.25) is 0 Å². The largest absolute Gasteiger partial charge is 0.378 e. The number of hydrogen-bond donors (Lipinski definition) is 1. The molecule has 2 aliphatic carbocycles. The molecule has 0 aromatic carbocycles. The van der Waals surface area contributed by atoms with Crippen LogP contribution in [-0.4, -0.2) is 25.3 Å². The molecule has 0 saturated heterocycles. The molecule has 2 heteroatoms. The van der Waals surface area contributed by atoms with Gasteiger partial charge in [-0.25, -0.2) is 0 Å². The third-order valence-electron chi connectivity index (χ3n) is 4.50. The Kier molecular flexibility index (Phi) is 4.48. The molecule has 0 aromatic heterocycles. The minimum atomic E-state index is 0.468. The summed E-state index contributed by atoms with van der Waals surface area (Å²) in [5, 5.41) is 3.69. The number of ether oxygens (including phenoxy) is 1. The third-order valence-corrected chi connectivity index (χ3v) is 4.50. The lowest BCUT2D eigenvalue weighted by Crippen LogP contribution is -2.62. The summed E-state index contributed by atoms with van der Waals surface area (Å²) >= 11 is 0. The van der Waals surface area contributed by atoms with Crippen LogP contribution in [-0.2, 0) is 4.74 Å². The molecule has 0 aromatic rings. The van der Waals surface area contributed by atoms with Gasteiger partial charge in [0.2, 0.25) is 0 Å². The molecule has 2 rings (SSSR count). The molecule has 17 heavy (non-hydrogen) atoms. The quantitative estimate of drug-likeness (QED) is 0.584. The normalized spacial score (nSPS) is 29.8. The summed E-state index contributed by atoms with van der Waals surface area (Å²) in [7, 11) is 0. The zero-order valence-corrected chi connectivity index (χ0v) is 11.2. The fourth-order valence-electron chi connectivity index (χ4n) is 3.61. The van der Waals surface area contributed by atoms with Crippen molar-refractivity contribution in [2.24, 2.45) is 5.41 Å². The van der Waals surface area contributed by atoms with E-state index in [0.717, 1.165) is 19.6 Å². The van der Waals surface area contributed by atoms with Crippen LogP contribution in [0, 0.1) is 17.3 Å². The molecule has 2 fully saturated rings. The second kappa shape index (κ2) is 5.89. The second-order valence-corrected chi connectivity index (χ2v) is 5.30. The molecule has 1 spiro atoms. The summed E-state index contributed by atoms with van der Waals surface area (Å²) in [6.45, 7) is 5.92. The zero-order valence-electron chi connectivity index (χ0n) is 11.2. The van der Waals surface area contributed by atoms with Gasteiger partial charge < -0.3 is 10.1 Å². The maximum absolute atomic E-state index is 5.91. The van der Waals surface area contributed by atoms with Gasteiger partial charge in [0.15, 0.2) is 0 Å². The molecular weight excluding hydrogens is 210 g/mol. The Bertz CT molecular complexity index is 296. The summed E-state index contributed by atoms with van der Waals surface area (Å²) in [5.74, 6) is 6.08. The molecule has 2 saturated carbocycles. The Hall–Kier alpha value is -0.520. The van der Waals surface area contributed by atoms with Crippen molar-refractivity contribution in [3.8, 4) is 11.8 Å². The molecule has 0 radical (unpaired) electrons. The molecular formula is C15H25NO. The van der Waals surface area contributed by atoms with Gasteiger partial charge in [-0.15, -0.1) is 11.8 Å². The number of nitrogens with one attached hydrogen (secondary N) is 1. The highest BCUT2D eigenvalue weighted by Gasteiger charge is 2.56. The van der Waals surface area contributed by atoms with Crippen LogP contribution in [0.5, 0.6) is 0 Å². The summed E-state index contributed by atoms with van der Waals surface area (Å²) in [4.78, 5) is 0. The van der Waals surface area contributed by atoms with Gasteiger partial charge in [-0.1, -0.05) is 12.8 Å². The Morgan fingerprint density at radius 2 is 2.12 bits per heavy atom. The lowest BCUT2D eigenvalue weighted by atomic mass is 9.60. The van der Waals surface area contributed by atoms with E-state index in [9.17, 15) is 0 Å². The SMILES string of the molecule is CC#CCCNC1CC(OCC)C12CCCC2. The lowest BCUT2D eigenvalue weighted by Gasteiger charge is -2.54. The van der Waals surface area contributed by atoms with Crippen LogP contribution in [0.15, 0.2) is 0 Å². The topological polar surface area (TPSA) is 21.3 Å². The van der Waals surface area contributed by atoms with Crippen molar-refractivity contribution in [3.63, 3.8) is 0 Å². The Balaban J connectivity index is 1.84. The van der Waals surface area contributed by atoms with Crippen LogP contribution < -0.4 is 5.32 Å². The molecule has 0 bridgehead atoms. The van der Waals surface area contributed by atoms with Gasteiger partial charge >= 0.3 is 0 Å². The van der Waals surface area contributed by atoms with E-state index in [2.05, 4.69) is 24.1 Å². The minimum absolute atomic E-state index is 0.468. The van der Waals surface area contributed by atoms with Gasteiger partial charge in [-0.05, 0) is 33.1 Å². The summed E-state index contributed by atoms with van der Waals surface area (Å²) < 4.78 is 5.91. The van der Waals surface area contributed by atoms with E-state index in [1.807, 2.05) is 6.92 Å². The van der Waals surface area contributed by atoms with Crippen LogP contribution in [0.2, 0.25) is 0 Å². The summed E-state index contributed by atoms with van der Waals surface area (Å²) in [5.41, 5.74) is 0.468. The summed E-state index contributed by atoms with van der Waals surface area (Å²) in [6, 6.07) is 0.681. The highest BCUT2D eigenvalue weighted by molar-refractivity contribution is 5.10. The fraction of sp³-hybridized carbons (Fsp3) is 0.867. The van der Waals surface area contributed by atoms with E-state index in [0.29, 0.717) is 17.6 Å². The minimum Gasteiger partial charge on any atom is -0.378 e. The van der Waals surface area contributed by atoms with E-state index in [1.165, 1.54) is 32.1 Å². The smallest absolute Gasteiger partial charge is 0.0661 e. The summed E-state index contributed by atoms with van der Waals surface area (Å²) in [6.07, 6.45) is 8.18. The van der Waals surface area contributed by atoms with E-state index < -0.39 is 0 Å². The van der Waals surface area contributed by atoms with Crippen LogP contribution in [0.25, 0.3) is 0 Å². The fourth-order valence-corrected chi connectivity index (χ4v) is 3.61. The Labute approximate surface area is 105 Å². The van der Waals surface area contributed by atoms with Gasteiger partial charge in [0, 0.05) is 31.0 Å². The predicted molar refractivity (Wildman–Crippen MR) is 70.8 cm³/mol. The van der Waals surface area contributed by atoms with Gasteiger partial charge in [0.05, 0.1) is 6.10 Å². The molecule has 2 aliphatic rings. The van der Waals surface area contributed by atoms with E-state index >= 15 is 0 Å². The van der Waals surface area contributed by atoms with Crippen molar-refractivity contribution in [1.82, 2.24) is 5.32 Å². The molecule has 0 amide bonds. The Morgan fingerprint density at radius 3 is 2.76 bits per heavy atom. The maximum Gasteiger partial charge on any atom is 0.0661 e.